The number of fused-ring (bicyclic) bond motifs is 2. The molecule has 0 aromatic heterocycles. The van der Waals surface area contributed by atoms with E-state index in [4.69, 9.17) is 22.9 Å². The summed E-state index contributed by atoms with van der Waals surface area (Å²) in [7, 11) is 0. The maximum atomic E-state index is 5.78. The Balaban J connectivity index is 0.000000141. The smallest absolute Gasteiger partial charge is 0.0414 e. The largest absolute Gasteiger partial charge is 0.398 e. The van der Waals surface area contributed by atoms with E-state index in [1.54, 1.807) is 0 Å². The highest BCUT2D eigenvalue weighted by Gasteiger charge is 2.00. The lowest BCUT2D eigenvalue weighted by Crippen LogP contribution is -1.91. The van der Waals surface area contributed by atoms with Crippen molar-refractivity contribution in [3.8, 4) is 0 Å². The van der Waals surface area contributed by atoms with E-state index in [1.165, 1.54) is 0 Å². The summed E-state index contributed by atoms with van der Waals surface area (Å²) >= 11 is 0. The molecule has 4 rings (SSSR count). The number of anilines is 4. The van der Waals surface area contributed by atoms with Crippen LogP contribution in [0.15, 0.2) is 72.8 Å². The third kappa shape index (κ3) is 2.90. The fourth-order valence-electron chi connectivity index (χ4n) is 2.80. The van der Waals surface area contributed by atoms with E-state index in [9.17, 15) is 0 Å². The van der Waals surface area contributed by atoms with Gasteiger partial charge in [-0.15, -0.1) is 0 Å². The first kappa shape index (κ1) is 15.5. The van der Waals surface area contributed by atoms with Crippen molar-refractivity contribution in [1.29, 1.82) is 0 Å². The standard InChI is InChI=1S/2C10H10N2/c2*11-8-5-1-3-7-4-2-6-9(12)10(7)8/h2*1-6H,11-12H2. The summed E-state index contributed by atoms with van der Waals surface area (Å²) in [6.07, 6.45) is 0. The second-order valence-electron chi connectivity index (χ2n) is 5.59. The zero-order valence-corrected chi connectivity index (χ0v) is 13.2. The minimum Gasteiger partial charge on any atom is -0.398 e. The Hall–Kier alpha value is -3.40. The van der Waals surface area contributed by atoms with Crippen molar-refractivity contribution in [2.75, 3.05) is 22.9 Å². The molecule has 0 unspecified atom stereocenters. The molecule has 0 saturated heterocycles. The Morgan fingerprint density at radius 1 is 0.375 bits per heavy atom. The van der Waals surface area contributed by atoms with E-state index in [0.717, 1.165) is 44.3 Å². The normalized spacial score (nSPS) is 10.3. The maximum absolute atomic E-state index is 5.78. The van der Waals surface area contributed by atoms with E-state index in [0.29, 0.717) is 0 Å². The second-order valence-corrected chi connectivity index (χ2v) is 5.59. The van der Waals surface area contributed by atoms with Crippen LogP contribution >= 0.6 is 0 Å². The van der Waals surface area contributed by atoms with Crippen molar-refractivity contribution in [2.24, 2.45) is 0 Å². The molecular formula is C20H20N4. The Morgan fingerprint density at radius 3 is 0.833 bits per heavy atom. The van der Waals surface area contributed by atoms with Crippen molar-refractivity contribution >= 4 is 44.3 Å². The average molecular weight is 316 g/mol. The van der Waals surface area contributed by atoms with E-state index in [1.807, 2.05) is 72.8 Å². The van der Waals surface area contributed by atoms with Gasteiger partial charge in [0, 0.05) is 33.5 Å². The van der Waals surface area contributed by atoms with Crippen molar-refractivity contribution in [1.82, 2.24) is 0 Å². The van der Waals surface area contributed by atoms with Crippen LogP contribution in [0, 0.1) is 0 Å². The Bertz CT molecular complexity index is 852. The molecule has 0 aliphatic rings. The fraction of sp³-hybridized carbons (Fsp3) is 0. The van der Waals surface area contributed by atoms with Crippen LogP contribution in [0.2, 0.25) is 0 Å². The molecule has 0 saturated carbocycles. The predicted molar refractivity (Wildman–Crippen MR) is 106 cm³/mol. The molecule has 0 amide bonds. The van der Waals surface area contributed by atoms with E-state index >= 15 is 0 Å². The van der Waals surface area contributed by atoms with Crippen molar-refractivity contribution in [2.45, 2.75) is 0 Å². The van der Waals surface area contributed by atoms with Crippen LogP contribution < -0.4 is 22.9 Å². The highest BCUT2D eigenvalue weighted by atomic mass is 14.6. The van der Waals surface area contributed by atoms with Gasteiger partial charge < -0.3 is 22.9 Å². The highest BCUT2D eigenvalue weighted by Crippen LogP contribution is 2.26. The molecule has 0 atom stereocenters. The SMILES string of the molecule is Nc1cccc2cccc(N)c12.Nc1cccc2cccc(N)c12. The van der Waals surface area contributed by atoms with Gasteiger partial charge in [0.1, 0.15) is 0 Å². The molecular weight excluding hydrogens is 296 g/mol. The van der Waals surface area contributed by atoms with Crippen LogP contribution in [-0.4, -0.2) is 0 Å². The summed E-state index contributed by atoms with van der Waals surface area (Å²) in [5.74, 6) is 0. The summed E-state index contributed by atoms with van der Waals surface area (Å²) in [5, 5.41) is 4.10. The number of benzene rings is 4. The Morgan fingerprint density at radius 2 is 0.625 bits per heavy atom. The van der Waals surface area contributed by atoms with E-state index in [-0.39, 0.29) is 0 Å². The monoisotopic (exact) mass is 316 g/mol. The minimum atomic E-state index is 0.741. The molecule has 0 spiro atoms. The molecule has 8 N–H and O–H groups in total. The molecule has 0 aliphatic heterocycles. The lowest BCUT2D eigenvalue weighted by atomic mass is 10.1. The topological polar surface area (TPSA) is 104 Å². The molecule has 0 bridgehead atoms. The first-order chi connectivity index (χ1) is 11.6. The molecule has 4 aromatic carbocycles. The molecule has 0 radical (unpaired) electrons. The van der Waals surface area contributed by atoms with Crippen LogP contribution in [-0.2, 0) is 0 Å². The Labute approximate surface area is 140 Å². The summed E-state index contributed by atoms with van der Waals surface area (Å²) in [6.45, 7) is 0. The van der Waals surface area contributed by atoms with Gasteiger partial charge in [0.05, 0.1) is 0 Å². The number of hydrogen-bond donors (Lipinski definition) is 4. The third-order valence-corrected chi connectivity index (χ3v) is 3.94. The van der Waals surface area contributed by atoms with Gasteiger partial charge in [-0.2, -0.15) is 0 Å². The zero-order chi connectivity index (χ0) is 17.1. The lowest BCUT2D eigenvalue weighted by molar-refractivity contribution is 1.71. The van der Waals surface area contributed by atoms with Gasteiger partial charge in [0.25, 0.3) is 0 Å². The predicted octanol–water partition coefficient (Wildman–Crippen LogP) is 4.01. The Kier molecular flexibility index (Phi) is 4.12. The number of nitrogen functional groups attached to an aromatic ring is 4. The summed E-state index contributed by atoms with van der Waals surface area (Å²) in [6, 6.07) is 23.2. The first-order valence-corrected chi connectivity index (χ1v) is 7.63. The van der Waals surface area contributed by atoms with Crippen LogP contribution in [0.5, 0.6) is 0 Å². The molecule has 4 aromatic rings. The van der Waals surface area contributed by atoms with Crippen LogP contribution in [0.4, 0.5) is 22.7 Å². The quantitative estimate of drug-likeness (QED) is 0.368. The van der Waals surface area contributed by atoms with Gasteiger partial charge in [-0.05, 0) is 35.0 Å². The molecule has 4 heteroatoms. The van der Waals surface area contributed by atoms with Gasteiger partial charge in [0.2, 0.25) is 0 Å². The maximum Gasteiger partial charge on any atom is 0.0414 e. The molecule has 0 aliphatic carbocycles. The fourth-order valence-corrected chi connectivity index (χ4v) is 2.80. The zero-order valence-electron chi connectivity index (χ0n) is 13.2. The molecule has 4 nitrogen and oxygen atoms in total. The van der Waals surface area contributed by atoms with Gasteiger partial charge >= 0.3 is 0 Å². The first-order valence-electron chi connectivity index (χ1n) is 7.63. The highest BCUT2D eigenvalue weighted by molar-refractivity contribution is 6.02. The van der Waals surface area contributed by atoms with Crippen molar-refractivity contribution < 1.29 is 0 Å². The van der Waals surface area contributed by atoms with Gasteiger partial charge in [-0.1, -0.05) is 48.5 Å². The summed E-state index contributed by atoms with van der Waals surface area (Å²) in [4.78, 5) is 0. The van der Waals surface area contributed by atoms with Gasteiger partial charge in [-0.3, -0.25) is 0 Å². The van der Waals surface area contributed by atoms with Crippen LogP contribution in [0.25, 0.3) is 21.5 Å². The van der Waals surface area contributed by atoms with E-state index < -0.39 is 0 Å². The number of nitrogens with two attached hydrogens (primary N) is 4. The number of hydrogen-bond acceptors (Lipinski definition) is 4. The molecule has 0 fully saturated rings. The van der Waals surface area contributed by atoms with Crippen molar-refractivity contribution in [3.63, 3.8) is 0 Å². The molecule has 24 heavy (non-hydrogen) atoms. The third-order valence-electron chi connectivity index (χ3n) is 3.94. The number of rotatable bonds is 0. The second kappa shape index (κ2) is 6.38. The minimum absolute atomic E-state index is 0.741. The van der Waals surface area contributed by atoms with Crippen LogP contribution in [0.3, 0.4) is 0 Å². The lowest BCUT2D eigenvalue weighted by Gasteiger charge is -2.03. The van der Waals surface area contributed by atoms with Crippen LogP contribution in [0.1, 0.15) is 0 Å². The molecule has 120 valence electrons. The summed E-state index contributed by atoms with van der Waals surface area (Å²) in [5.41, 5.74) is 26.1. The molecule has 0 heterocycles. The summed E-state index contributed by atoms with van der Waals surface area (Å²) < 4.78 is 0. The average Bonchev–Trinajstić information content (AvgIpc) is 2.56. The van der Waals surface area contributed by atoms with Crippen molar-refractivity contribution in [3.05, 3.63) is 72.8 Å². The van der Waals surface area contributed by atoms with E-state index in [2.05, 4.69) is 0 Å². The van der Waals surface area contributed by atoms with Gasteiger partial charge in [0.15, 0.2) is 0 Å². The van der Waals surface area contributed by atoms with Gasteiger partial charge in [-0.25, -0.2) is 0 Å².